The Kier molecular flexibility index (Phi) is 4.54. The summed E-state index contributed by atoms with van der Waals surface area (Å²) in [4.78, 5) is 29.2. The molecular formula is C20H18N2O6S. The molecule has 0 aliphatic rings. The van der Waals surface area contributed by atoms with Crippen molar-refractivity contribution in [3.8, 4) is 0 Å². The van der Waals surface area contributed by atoms with Crippen LogP contribution in [0.1, 0.15) is 21.6 Å². The summed E-state index contributed by atoms with van der Waals surface area (Å²) in [5, 5.41) is 0.922. The summed E-state index contributed by atoms with van der Waals surface area (Å²) in [6.45, 7) is 3.62. The highest BCUT2D eigenvalue weighted by molar-refractivity contribution is 7.91. The van der Waals surface area contributed by atoms with E-state index in [-0.39, 0.29) is 22.8 Å². The van der Waals surface area contributed by atoms with Crippen molar-refractivity contribution in [1.29, 1.82) is 0 Å². The van der Waals surface area contributed by atoms with E-state index in [2.05, 4.69) is 9.97 Å². The van der Waals surface area contributed by atoms with Gasteiger partial charge in [-0.2, -0.15) is 0 Å². The third-order valence-electron chi connectivity index (χ3n) is 4.88. The largest absolute Gasteiger partial charge is 0.461 e. The van der Waals surface area contributed by atoms with Gasteiger partial charge in [-0.15, -0.1) is 0 Å². The minimum absolute atomic E-state index is 0.0105. The number of aromatic nitrogens is 2. The number of carbonyl (C=O) groups is 1. The van der Waals surface area contributed by atoms with E-state index in [0.29, 0.717) is 11.1 Å². The van der Waals surface area contributed by atoms with Crippen LogP contribution >= 0.6 is 0 Å². The van der Waals surface area contributed by atoms with E-state index >= 15 is 0 Å². The quantitative estimate of drug-likeness (QED) is 0.484. The van der Waals surface area contributed by atoms with E-state index in [0.717, 1.165) is 22.2 Å². The lowest BCUT2D eigenvalue weighted by atomic mass is 10.1. The van der Waals surface area contributed by atoms with Crippen molar-refractivity contribution in [2.75, 3.05) is 12.4 Å². The standard InChI is InChI=1S/C20H18N2O6S/c1-11-12(2)21-16-5-3-13(9-15(11)16)19(23)27-7-8-29(25,26)14-4-6-17-18(10-14)28-20(24)22-17/h3-6,9-10,21H,7-8H2,1-2H3,(H,22,24). The number of carbonyl (C=O) groups excluding carboxylic acids is 1. The summed E-state index contributed by atoms with van der Waals surface area (Å²) in [6.07, 6.45) is 0. The second-order valence-corrected chi connectivity index (χ2v) is 8.87. The van der Waals surface area contributed by atoms with Gasteiger partial charge in [-0.05, 0) is 49.7 Å². The molecule has 0 saturated carbocycles. The van der Waals surface area contributed by atoms with Crippen molar-refractivity contribution in [1.82, 2.24) is 9.97 Å². The molecule has 150 valence electrons. The van der Waals surface area contributed by atoms with Gasteiger partial charge in [0.2, 0.25) is 0 Å². The zero-order chi connectivity index (χ0) is 20.8. The van der Waals surface area contributed by atoms with Crippen LogP contribution in [-0.4, -0.2) is 36.7 Å². The minimum Gasteiger partial charge on any atom is -0.461 e. The van der Waals surface area contributed by atoms with Crippen LogP contribution in [0.2, 0.25) is 0 Å². The monoisotopic (exact) mass is 414 g/mol. The van der Waals surface area contributed by atoms with E-state index < -0.39 is 21.6 Å². The fourth-order valence-electron chi connectivity index (χ4n) is 3.15. The first kappa shape index (κ1) is 19.0. The van der Waals surface area contributed by atoms with Gasteiger partial charge < -0.3 is 14.1 Å². The normalized spacial score (nSPS) is 11.9. The summed E-state index contributed by atoms with van der Waals surface area (Å²) in [5.74, 6) is -1.63. The summed E-state index contributed by atoms with van der Waals surface area (Å²) in [5.41, 5.74) is 3.90. The number of hydrogen-bond donors (Lipinski definition) is 2. The van der Waals surface area contributed by atoms with Gasteiger partial charge in [0.15, 0.2) is 15.4 Å². The van der Waals surface area contributed by atoms with E-state index in [4.69, 9.17) is 9.15 Å². The molecule has 9 heteroatoms. The van der Waals surface area contributed by atoms with Crippen LogP contribution in [-0.2, 0) is 14.6 Å². The molecule has 29 heavy (non-hydrogen) atoms. The lowest BCUT2D eigenvalue weighted by Crippen LogP contribution is -2.15. The zero-order valence-electron chi connectivity index (χ0n) is 15.7. The first-order chi connectivity index (χ1) is 13.7. The molecule has 8 nitrogen and oxygen atoms in total. The SMILES string of the molecule is Cc1[nH]c2ccc(C(=O)OCCS(=O)(=O)c3ccc4[nH]c(=O)oc4c3)cc2c1C. The molecule has 0 spiro atoms. The number of benzene rings is 2. The third-order valence-corrected chi connectivity index (χ3v) is 6.56. The number of hydrogen-bond acceptors (Lipinski definition) is 6. The average molecular weight is 414 g/mol. The first-order valence-corrected chi connectivity index (χ1v) is 10.5. The van der Waals surface area contributed by atoms with Gasteiger partial charge in [-0.25, -0.2) is 18.0 Å². The van der Waals surface area contributed by atoms with Crippen molar-refractivity contribution in [3.63, 3.8) is 0 Å². The number of rotatable bonds is 5. The Morgan fingerprint density at radius 3 is 2.62 bits per heavy atom. The van der Waals surface area contributed by atoms with Crippen LogP contribution in [0.15, 0.2) is 50.5 Å². The number of oxazole rings is 1. The molecule has 0 aliphatic heterocycles. The molecule has 2 heterocycles. The lowest BCUT2D eigenvalue weighted by Gasteiger charge is -2.07. The van der Waals surface area contributed by atoms with E-state index in [9.17, 15) is 18.0 Å². The Labute approximate surface area is 165 Å². The van der Waals surface area contributed by atoms with Crippen LogP contribution in [0.4, 0.5) is 0 Å². The number of sulfone groups is 1. The van der Waals surface area contributed by atoms with Gasteiger partial charge >= 0.3 is 11.7 Å². The molecule has 4 aromatic rings. The second-order valence-electron chi connectivity index (χ2n) is 6.76. The van der Waals surface area contributed by atoms with Crippen LogP contribution in [0.3, 0.4) is 0 Å². The Bertz CT molecular complexity index is 1410. The molecule has 0 bridgehead atoms. The number of aromatic amines is 2. The van der Waals surface area contributed by atoms with Gasteiger partial charge in [0.25, 0.3) is 0 Å². The van der Waals surface area contributed by atoms with Crippen molar-refractivity contribution < 1.29 is 22.4 Å². The summed E-state index contributed by atoms with van der Waals surface area (Å²) >= 11 is 0. The highest BCUT2D eigenvalue weighted by Gasteiger charge is 2.18. The topological polar surface area (TPSA) is 122 Å². The number of aryl methyl sites for hydroxylation is 2. The van der Waals surface area contributed by atoms with Crippen molar-refractivity contribution in [2.24, 2.45) is 0 Å². The average Bonchev–Trinajstić information content (AvgIpc) is 3.19. The Morgan fingerprint density at radius 1 is 1.07 bits per heavy atom. The third kappa shape index (κ3) is 3.56. The van der Waals surface area contributed by atoms with Crippen molar-refractivity contribution in [2.45, 2.75) is 18.7 Å². The molecule has 0 unspecified atom stereocenters. The molecule has 0 radical (unpaired) electrons. The minimum atomic E-state index is -3.72. The molecule has 2 aromatic carbocycles. The van der Waals surface area contributed by atoms with E-state index in [1.165, 1.54) is 18.2 Å². The summed E-state index contributed by atoms with van der Waals surface area (Å²) in [7, 11) is -3.72. The molecule has 2 aromatic heterocycles. The van der Waals surface area contributed by atoms with E-state index in [1.54, 1.807) is 18.2 Å². The fourth-order valence-corrected chi connectivity index (χ4v) is 4.25. The maximum absolute atomic E-state index is 12.5. The molecule has 4 rings (SSSR count). The summed E-state index contributed by atoms with van der Waals surface area (Å²) in [6, 6.07) is 9.26. The predicted octanol–water partition coefficient (Wildman–Crippen LogP) is 2.85. The van der Waals surface area contributed by atoms with Gasteiger partial charge in [0.1, 0.15) is 6.61 Å². The Hall–Kier alpha value is -3.33. The van der Waals surface area contributed by atoms with Gasteiger partial charge in [0.05, 0.1) is 21.7 Å². The van der Waals surface area contributed by atoms with Crippen molar-refractivity contribution >= 4 is 37.8 Å². The number of fused-ring (bicyclic) bond motifs is 2. The number of H-pyrrole nitrogens is 2. The molecule has 0 atom stereocenters. The van der Waals surface area contributed by atoms with E-state index in [1.807, 2.05) is 13.8 Å². The highest BCUT2D eigenvalue weighted by Crippen LogP contribution is 2.23. The maximum atomic E-state index is 12.5. The van der Waals surface area contributed by atoms with Crippen LogP contribution in [0, 0.1) is 13.8 Å². The molecule has 0 saturated heterocycles. The second kappa shape index (κ2) is 6.93. The Balaban J connectivity index is 1.46. The van der Waals surface area contributed by atoms with Gasteiger partial charge in [-0.1, -0.05) is 0 Å². The molecular weight excluding hydrogens is 396 g/mol. The molecule has 0 amide bonds. The van der Waals surface area contributed by atoms with Crippen LogP contribution < -0.4 is 5.76 Å². The Morgan fingerprint density at radius 2 is 1.83 bits per heavy atom. The van der Waals surface area contributed by atoms with Gasteiger partial charge in [0, 0.05) is 22.7 Å². The van der Waals surface area contributed by atoms with Gasteiger partial charge in [-0.3, -0.25) is 4.98 Å². The predicted molar refractivity (Wildman–Crippen MR) is 107 cm³/mol. The highest BCUT2D eigenvalue weighted by atomic mass is 32.2. The molecule has 0 fully saturated rings. The number of ether oxygens (including phenoxy) is 1. The van der Waals surface area contributed by atoms with Crippen molar-refractivity contribution in [3.05, 3.63) is 63.8 Å². The maximum Gasteiger partial charge on any atom is 0.417 e. The summed E-state index contributed by atoms with van der Waals surface area (Å²) < 4.78 is 35.0. The molecule has 0 aliphatic carbocycles. The lowest BCUT2D eigenvalue weighted by molar-refractivity contribution is 0.0529. The fraction of sp³-hybridized carbons (Fsp3) is 0.200. The van der Waals surface area contributed by atoms with Crippen LogP contribution in [0.5, 0.6) is 0 Å². The smallest absolute Gasteiger partial charge is 0.417 e. The van der Waals surface area contributed by atoms with Crippen LogP contribution in [0.25, 0.3) is 22.0 Å². The number of nitrogens with one attached hydrogen (secondary N) is 2. The number of esters is 1. The molecule has 2 N–H and O–H groups in total. The first-order valence-electron chi connectivity index (χ1n) is 8.86. The zero-order valence-corrected chi connectivity index (χ0v) is 16.6.